The average molecular weight is 256 g/mol. The van der Waals surface area contributed by atoms with E-state index in [9.17, 15) is 0 Å². The Kier molecular flexibility index (Phi) is 2.71. The summed E-state index contributed by atoms with van der Waals surface area (Å²) in [6.07, 6.45) is 6.71. The number of nitrogens with one attached hydrogen (secondary N) is 2. The van der Waals surface area contributed by atoms with Gasteiger partial charge in [-0.3, -0.25) is 0 Å². The van der Waals surface area contributed by atoms with Gasteiger partial charge in [-0.1, -0.05) is 23.8 Å². The molecule has 1 saturated heterocycles. The number of hydrogen-bond acceptors (Lipinski definition) is 2. The second-order valence-corrected chi connectivity index (χ2v) is 6.82. The molecule has 1 aromatic rings. The molecule has 2 nitrogen and oxygen atoms in total. The maximum atomic E-state index is 3.88. The number of benzene rings is 1. The summed E-state index contributed by atoms with van der Waals surface area (Å²) >= 11 is 0. The zero-order chi connectivity index (χ0) is 12.9. The van der Waals surface area contributed by atoms with Gasteiger partial charge in [-0.2, -0.15) is 0 Å². The fraction of sp³-hybridized carbons (Fsp3) is 0.647. The van der Waals surface area contributed by atoms with Gasteiger partial charge in [0.05, 0.1) is 0 Å². The first-order valence-corrected chi connectivity index (χ1v) is 7.85. The molecule has 1 heterocycles. The molecular formula is C17H24N2. The third-order valence-electron chi connectivity index (χ3n) is 5.33. The Labute approximate surface area is 116 Å². The van der Waals surface area contributed by atoms with Crippen LogP contribution >= 0.6 is 0 Å². The van der Waals surface area contributed by atoms with Crippen molar-refractivity contribution in [3.05, 3.63) is 34.9 Å². The van der Waals surface area contributed by atoms with Gasteiger partial charge in [0.25, 0.3) is 0 Å². The Morgan fingerprint density at radius 1 is 1.21 bits per heavy atom. The largest absolute Gasteiger partial charge is 0.317 e. The topological polar surface area (TPSA) is 24.1 Å². The van der Waals surface area contributed by atoms with Crippen molar-refractivity contribution in [2.75, 3.05) is 13.1 Å². The number of hydrogen-bond donors (Lipinski definition) is 2. The fourth-order valence-electron chi connectivity index (χ4n) is 4.11. The van der Waals surface area contributed by atoms with E-state index < -0.39 is 0 Å². The normalized spacial score (nSPS) is 28.6. The summed E-state index contributed by atoms with van der Waals surface area (Å²) in [6, 6.07) is 8.56. The molecule has 0 aromatic heterocycles. The van der Waals surface area contributed by atoms with Gasteiger partial charge in [0, 0.05) is 12.1 Å². The molecule has 4 rings (SSSR count). The second kappa shape index (κ2) is 4.32. The molecule has 0 radical (unpaired) electrons. The molecule has 1 atom stereocenters. The average Bonchev–Trinajstić information content (AvgIpc) is 3.18. The summed E-state index contributed by atoms with van der Waals surface area (Å²) in [6.45, 7) is 4.60. The lowest BCUT2D eigenvalue weighted by Gasteiger charge is -2.35. The minimum Gasteiger partial charge on any atom is -0.317 e. The number of fused-ring (bicyclic) bond motifs is 2. The third kappa shape index (κ3) is 2.02. The molecule has 1 aromatic carbocycles. The smallest absolute Gasteiger partial charge is 0.0334 e. The molecule has 1 aliphatic heterocycles. The SMILES string of the molecule is Cc1ccc2c(c1)C1(CCNCC1)CC2NC1CC1. The Balaban J connectivity index is 1.72. The van der Waals surface area contributed by atoms with Crippen LogP contribution in [-0.4, -0.2) is 19.1 Å². The van der Waals surface area contributed by atoms with Crippen LogP contribution in [0.1, 0.15) is 54.8 Å². The second-order valence-electron chi connectivity index (χ2n) is 6.82. The van der Waals surface area contributed by atoms with Crippen LogP contribution in [-0.2, 0) is 5.41 Å². The molecular weight excluding hydrogens is 232 g/mol. The molecule has 3 aliphatic rings. The Bertz CT molecular complexity index is 484. The molecule has 1 spiro atoms. The van der Waals surface area contributed by atoms with Gasteiger partial charge in [0.15, 0.2) is 0 Å². The van der Waals surface area contributed by atoms with Crippen molar-refractivity contribution in [3.63, 3.8) is 0 Å². The first kappa shape index (κ1) is 11.9. The van der Waals surface area contributed by atoms with Crippen molar-refractivity contribution in [2.24, 2.45) is 0 Å². The van der Waals surface area contributed by atoms with Crippen molar-refractivity contribution in [2.45, 2.75) is 56.5 Å². The van der Waals surface area contributed by atoms with Crippen LogP contribution in [0.25, 0.3) is 0 Å². The molecule has 2 aliphatic carbocycles. The highest BCUT2D eigenvalue weighted by Crippen LogP contribution is 2.50. The van der Waals surface area contributed by atoms with E-state index >= 15 is 0 Å². The van der Waals surface area contributed by atoms with Gasteiger partial charge in [0.2, 0.25) is 0 Å². The first-order chi connectivity index (χ1) is 9.27. The number of aryl methyl sites for hydroxylation is 1. The Morgan fingerprint density at radius 3 is 2.74 bits per heavy atom. The van der Waals surface area contributed by atoms with E-state index in [4.69, 9.17) is 0 Å². The van der Waals surface area contributed by atoms with Gasteiger partial charge >= 0.3 is 0 Å². The lowest BCUT2D eigenvalue weighted by molar-refractivity contribution is 0.282. The highest BCUT2D eigenvalue weighted by atomic mass is 15.0. The van der Waals surface area contributed by atoms with Crippen LogP contribution in [0.4, 0.5) is 0 Å². The molecule has 1 unspecified atom stereocenters. The quantitative estimate of drug-likeness (QED) is 0.850. The van der Waals surface area contributed by atoms with Crippen LogP contribution < -0.4 is 10.6 Å². The molecule has 0 bridgehead atoms. The van der Waals surface area contributed by atoms with E-state index in [2.05, 4.69) is 35.8 Å². The molecule has 19 heavy (non-hydrogen) atoms. The summed E-state index contributed by atoms with van der Waals surface area (Å²) in [7, 11) is 0. The lowest BCUT2D eigenvalue weighted by Crippen LogP contribution is -2.39. The van der Waals surface area contributed by atoms with Crippen molar-refractivity contribution in [1.29, 1.82) is 0 Å². The molecule has 2 N–H and O–H groups in total. The van der Waals surface area contributed by atoms with Crippen LogP contribution in [0.5, 0.6) is 0 Å². The molecule has 0 amide bonds. The van der Waals surface area contributed by atoms with Crippen molar-refractivity contribution in [3.8, 4) is 0 Å². The first-order valence-electron chi connectivity index (χ1n) is 7.85. The summed E-state index contributed by atoms with van der Waals surface area (Å²) in [5.41, 5.74) is 5.13. The van der Waals surface area contributed by atoms with Gasteiger partial charge in [-0.05, 0) is 68.7 Å². The van der Waals surface area contributed by atoms with Crippen LogP contribution in [0, 0.1) is 6.92 Å². The van der Waals surface area contributed by atoms with Crippen molar-refractivity contribution >= 4 is 0 Å². The fourth-order valence-corrected chi connectivity index (χ4v) is 4.11. The highest BCUT2D eigenvalue weighted by Gasteiger charge is 2.45. The number of rotatable bonds is 2. The molecule has 2 heteroatoms. The van der Waals surface area contributed by atoms with E-state index in [1.54, 1.807) is 11.1 Å². The monoisotopic (exact) mass is 256 g/mol. The van der Waals surface area contributed by atoms with E-state index in [-0.39, 0.29) is 0 Å². The maximum absolute atomic E-state index is 3.88. The predicted molar refractivity (Wildman–Crippen MR) is 78.5 cm³/mol. The number of piperidine rings is 1. The van der Waals surface area contributed by atoms with E-state index in [1.807, 2.05) is 0 Å². The van der Waals surface area contributed by atoms with Gasteiger partial charge in [0.1, 0.15) is 0 Å². The molecule has 102 valence electrons. The maximum Gasteiger partial charge on any atom is 0.0334 e. The van der Waals surface area contributed by atoms with E-state index in [1.165, 1.54) is 50.8 Å². The van der Waals surface area contributed by atoms with Crippen molar-refractivity contribution < 1.29 is 0 Å². The highest BCUT2D eigenvalue weighted by molar-refractivity contribution is 5.45. The summed E-state index contributed by atoms with van der Waals surface area (Å²) in [5, 5.41) is 7.41. The third-order valence-corrected chi connectivity index (χ3v) is 5.33. The molecule has 2 fully saturated rings. The minimum atomic E-state index is 0.458. The lowest BCUT2D eigenvalue weighted by atomic mass is 9.74. The van der Waals surface area contributed by atoms with Gasteiger partial charge < -0.3 is 10.6 Å². The standard InChI is InChI=1S/C17H24N2/c1-12-2-5-14-15(10-12)17(6-8-18-9-7-17)11-16(14)19-13-3-4-13/h2,5,10,13,16,18-19H,3-4,6-9,11H2,1H3. The summed E-state index contributed by atoms with van der Waals surface area (Å²) < 4.78 is 0. The van der Waals surface area contributed by atoms with Crippen LogP contribution in [0.2, 0.25) is 0 Å². The summed E-state index contributed by atoms with van der Waals surface area (Å²) in [5.74, 6) is 0. The Hall–Kier alpha value is -0.860. The summed E-state index contributed by atoms with van der Waals surface area (Å²) in [4.78, 5) is 0. The van der Waals surface area contributed by atoms with Gasteiger partial charge in [-0.15, -0.1) is 0 Å². The van der Waals surface area contributed by atoms with Crippen LogP contribution in [0.15, 0.2) is 18.2 Å². The van der Waals surface area contributed by atoms with Crippen LogP contribution in [0.3, 0.4) is 0 Å². The Morgan fingerprint density at radius 2 is 2.00 bits per heavy atom. The van der Waals surface area contributed by atoms with Gasteiger partial charge in [-0.25, -0.2) is 0 Å². The zero-order valence-corrected chi connectivity index (χ0v) is 11.8. The predicted octanol–water partition coefficient (Wildman–Crippen LogP) is 2.81. The van der Waals surface area contributed by atoms with E-state index in [0.717, 1.165) is 6.04 Å². The zero-order valence-electron chi connectivity index (χ0n) is 11.8. The van der Waals surface area contributed by atoms with Crippen molar-refractivity contribution in [1.82, 2.24) is 10.6 Å². The minimum absolute atomic E-state index is 0.458. The van der Waals surface area contributed by atoms with E-state index in [0.29, 0.717) is 11.5 Å². The molecule has 1 saturated carbocycles.